The summed E-state index contributed by atoms with van der Waals surface area (Å²) in [5, 5.41) is 13.1. The van der Waals surface area contributed by atoms with Crippen LogP contribution in [-0.4, -0.2) is 34.5 Å². The van der Waals surface area contributed by atoms with Crippen molar-refractivity contribution in [3.8, 4) is 5.75 Å². The van der Waals surface area contributed by atoms with Crippen LogP contribution in [0.15, 0.2) is 41.9 Å². The lowest BCUT2D eigenvalue weighted by Crippen LogP contribution is -2.24. The summed E-state index contributed by atoms with van der Waals surface area (Å²) in [6.45, 7) is 0.920. The van der Waals surface area contributed by atoms with Crippen LogP contribution in [0.2, 0.25) is 0 Å². The molecule has 0 aliphatic heterocycles. The van der Waals surface area contributed by atoms with Crippen LogP contribution < -0.4 is 9.64 Å². The molecule has 0 spiro atoms. The molecular weight excluding hydrogens is 304 g/mol. The van der Waals surface area contributed by atoms with Crippen molar-refractivity contribution in [1.29, 1.82) is 0 Å². The van der Waals surface area contributed by atoms with Crippen molar-refractivity contribution < 1.29 is 9.66 Å². The number of anilines is 1. The molecule has 0 N–H and O–H groups in total. The Bertz CT molecular complexity index is 784. The molecule has 8 heteroatoms. The summed E-state index contributed by atoms with van der Waals surface area (Å²) in [4.78, 5) is 17.6. The number of nitro groups is 1. The van der Waals surface area contributed by atoms with Gasteiger partial charge in [0, 0.05) is 12.4 Å². The number of fused-ring (bicyclic) bond motifs is 1. The number of likely N-dealkylation sites (N-methyl/N-ethyl adjacent to an activating group) is 1. The lowest BCUT2D eigenvalue weighted by Gasteiger charge is -2.16. The van der Waals surface area contributed by atoms with Crippen molar-refractivity contribution in [1.82, 2.24) is 9.38 Å². The minimum absolute atomic E-state index is 0.0153. The van der Waals surface area contributed by atoms with Gasteiger partial charge in [0.15, 0.2) is 0 Å². The molecule has 0 unspecified atom stereocenters. The van der Waals surface area contributed by atoms with Crippen molar-refractivity contribution in [2.24, 2.45) is 0 Å². The molecule has 0 bridgehead atoms. The van der Waals surface area contributed by atoms with Crippen molar-refractivity contribution in [3.05, 3.63) is 52.0 Å². The summed E-state index contributed by atoms with van der Waals surface area (Å²) in [5.41, 5.74) is 0. The van der Waals surface area contributed by atoms with Gasteiger partial charge in [0.1, 0.15) is 18.6 Å². The smallest absolute Gasteiger partial charge is 0.373 e. The number of benzene rings is 1. The van der Waals surface area contributed by atoms with Crippen LogP contribution in [0.4, 0.5) is 11.6 Å². The Morgan fingerprint density at radius 3 is 2.91 bits per heavy atom. The monoisotopic (exact) mass is 318 g/mol. The molecule has 0 aliphatic carbocycles. The Morgan fingerprint density at radius 2 is 2.18 bits per heavy atom. The highest BCUT2D eigenvalue weighted by atomic mass is 32.1. The van der Waals surface area contributed by atoms with Crippen molar-refractivity contribution in [2.75, 3.05) is 25.1 Å². The highest BCUT2D eigenvalue weighted by molar-refractivity contribution is 7.15. The molecule has 0 amide bonds. The van der Waals surface area contributed by atoms with Gasteiger partial charge in [0.05, 0.1) is 6.54 Å². The highest BCUT2D eigenvalue weighted by Crippen LogP contribution is 2.30. The van der Waals surface area contributed by atoms with Crippen LogP contribution in [0.5, 0.6) is 5.75 Å². The SMILES string of the molecule is CN(CCOc1ccccc1)c1nc2sccn2c1[N+](=O)[O-]. The normalized spacial score (nSPS) is 10.8. The minimum atomic E-state index is -0.406. The quantitative estimate of drug-likeness (QED) is 0.516. The first-order chi connectivity index (χ1) is 10.7. The van der Waals surface area contributed by atoms with E-state index in [2.05, 4.69) is 4.98 Å². The van der Waals surface area contributed by atoms with E-state index in [9.17, 15) is 10.1 Å². The van der Waals surface area contributed by atoms with Crippen LogP contribution >= 0.6 is 11.3 Å². The fourth-order valence-electron chi connectivity index (χ4n) is 2.11. The zero-order valence-electron chi connectivity index (χ0n) is 11.9. The molecule has 0 saturated carbocycles. The fraction of sp³-hybridized carbons (Fsp3) is 0.214. The molecule has 7 nitrogen and oxygen atoms in total. The Hall–Kier alpha value is -2.61. The largest absolute Gasteiger partial charge is 0.492 e. The molecule has 0 aliphatic rings. The van der Waals surface area contributed by atoms with E-state index in [1.54, 1.807) is 23.5 Å². The third-order valence-electron chi connectivity index (χ3n) is 3.19. The summed E-state index contributed by atoms with van der Waals surface area (Å²) in [6, 6.07) is 9.45. The molecule has 2 aromatic heterocycles. The van der Waals surface area contributed by atoms with E-state index >= 15 is 0 Å². The molecule has 0 fully saturated rings. The van der Waals surface area contributed by atoms with Gasteiger partial charge in [0.25, 0.3) is 4.96 Å². The second-order valence-corrected chi connectivity index (χ2v) is 5.53. The molecule has 3 rings (SSSR count). The van der Waals surface area contributed by atoms with E-state index in [0.717, 1.165) is 5.75 Å². The van der Waals surface area contributed by atoms with Crippen LogP contribution in [0, 0.1) is 10.1 Å². The van der Waals surface area contributed by atoms with E-state index < -0.39 is 4.92 Å². The van der Waals surface area contributed by atoms with Gasteiger partial charge in [-0.3, -0.25) is 0 Å². The molecule has 114 valence electrons. The number of hydrogen-bond donors (Lipinski definition) is 0. The Morgan fingerprint density at radius 1 is 1.41 bits per heavy atom. The van der Waals surface area contributed by atoms with Crippen LogP contribution in [0.1, 0.15) is 0 Å². The predicted octanol–water partition coefficient (Wildman–Crippen LogP) is 2.82. The zero-order chi connectivity index (χ0) is 15.5. The molecule has 0 saturated heterocycles. The number of imidazole rings is 1. The van der Waals surface area contributed by atoms with Gasteiger partial charge in [-0.2, -0.15) is 9.38 Å². The number of hydrogen-bond acceptors (Lipinski definition) is 6. The second kappa shape index (κ2) is 6.02. The molecule has 2 heterocycles. The Balaban J connectivity index is 1.72. The number of ether oxygens (including phenoxy) is 1. The fourth-order valence-corrected chi connectivity index (χ4v) is 2.82. The van der Waals surface area contributed by atoms with Crippen molar-refractivity contribution in [3.63, 3.8) is 0 Å². The average molecular weight is 318 g/mol. The topological polar surface area (TPSA) is 72.9 Å². The van der Waals surface area contributed by atoms with Crippen LogP contribution in [0.25, 0.3) is 4.96 Å². The van der Waals surface area contributed by atoms with Gasteiger partial charge in [-0.25, -0.2) is 0 Å². The molecule has 22 heavy (non-hydrogen) atoms. The minimum Gasteiger partial charge on any atom is -0.492 e. The lowest BCUT2D eigenvalue weighted by molar-refractivity contribution is -0.389. The third-order valence-corrected chi connectivity index (χ3v) is 3.95. The van der Waals surface area contributed by atoms with Crippen molar-refractivity contribution in [2.45, 2.75) is 0 Å². The van der Waals surface area contributed by atoms with Crippen LogP contribution in [-0.2, 0) is 0 Å². The number of rotatable bonds is 6. The van der Waals surface area contributed by atoms with Gasteiger partial charge in [-0.15, -0.1) is 0 Å². The molecule has 3 aromatic rings. The van der Waals surface area contributed by atoms with E-state index in [4.69, 9.17) is 4.74 Å². The number of aromatic nitrogens is 2. The van der Waals surface area contributed by atoms with Gasteiger partial charge < -0.3 is 19.8 Å². The summed E-state index contributed by atoms with van der Waals surface area (Å²) >= 11 is 1.37. The summed E-state index contributed by atoms with van der Waals surface area (Å²) in [7, 11) is 1.77. The molecular formula is C14H14N4O3S. The predicted molar refractivity (Wildman–Crippen MR) is 84.9 cm³/mol. The van der Waals surface area contributed by atoms with Crippen molar-refractivity contribution >= 4 is 27.9 Å². The number of nitrogens with zero attached hydrogens (tertiary/aromatic N) is 4. The van der Waals surface area contributed by atoms with Crippen LogP contribution in [0.3, 0.4) is 0 Å². The first-order valence-corrected chi connectivity index (χ1v) is 7.53. The number of para-hydroxylation sites is 1. The summed E-state index contributed by atoms with van der Waals surface area (Å²) in [6.07, 6.45) is 1.66. The van der Waals surface area contributed by atoms with Gasteiger partial charge in [0.2, 0.25) is 5.82 Å². The van der Waals surface area contributed by atoms with E-state index in [1.165, 1.54) is 15.7 Å². The second-order valence-electron chi connectivity index (χ2n) is 4.65. The zero-order valence-corrected chi connectivity index (χ0v) is 12.7. The standard InChI is InChI=1S/C14H14N4O3S/c1-16(7-9-21-11-5-3-2-4-6-11)12-13(18(19)20)17-8-10-22-14(17)15-12/h2-6,8,10H,7,9H2,1H3. The lowest BCUT2D eigenvalue weighted by atomic mass is 10.3. The van der Waals surface area contributed by atoms with Gasteiger partial charge in [-0.05, 0) is 17.1 Å². The van der Waals surface area contributed by atoms with Gasteiger partial charge >= 0.3 is 5.82 Å². The maximum Gasteiger partial charge on any atom is 0.373 e. The third kappa shape index (κ3) is 2.73. The maximum atomic E-state index is 11.3. The summed E-state index contributed by atoms with van der Waals surface area (Å²) < 4.78 is 7.11. The number of thiazole rings is 1. The average Bonchev–Trinajstić information content (AvgIpc) is 3.08. The molecule has 0 atom stereocenters. The Labute approximate surface area is 130 Å². The summed E-state index contributed by atoms with van der Waals surface area (Å²) in [5.74, 6) is 1.11. The van der Waals surface area contributed by atoms with E-state index in [0.29, 0.717) is 23.9 Å². The first-order valence-electron chi connectivity index (χ1n) is 6.66. The first kappa shape index (κ1) is 14.3. The van der Waals surface area contributed by atoms with E-state index in [-0.39, 0.29) is 5.82 Å². The Kier molecular flexibility index (Phi) is 3.92. The molecule has 1 aromatic carbocycles. The highest BCUT2D eigenvalue weighted by Gasteiger charge is 2.26. The van der Waals surface area contributed by atoms with Gasteiger partial charge in [-0.1, -0.05) is 29.5 Å². The molecule has 0 radical (unpaired) electrons. The maximum absolute atomic E-state index is 11.3. The van der Waals surface area contributed by atoms with E-state index in [1.807, 2.05) is 30.3 Å².